The molecular formula is C18H24N2O4. The molecule has 2 rings (SSSR count). The lowest BCUT2D eigenvalue weighted by molar-refractivity contribution is -0.149. The average molecular weight is 332 g/mol. The molecule has 24 heavy (non-hydrogen) atoms. The van der Waals surface area contributed by atoms with Crippen LogP contribution in [0.2, 0.25) is 0 Å². The van der Waals surface area contributed by atoms with Gasteiger partial charge in [-0.25, -0.2) is 0 Å². The van der Waals surface area contributed by atoms with Crippen LogP contribution in [0, 0.1) is 5.41 Å². The number of carboxylic acids is 1. The van der Waals surface area contributed by atoms with Gasteiger partial charge in [-0.05, 0) is 49.9 Å². The molecule has 6 nitrogen and oxygen atoms in total. The normalized spacial score (nSPS) is 14.1. The van der Waals surface area contributed by atoms with Crippen LogP contribution in [0.1, 0.15) is 60.2 Å². The minimum atomic E-state index is -0.945. The van der Waals surface area contributed by atoms with Crippen molar-refractivity contribution in [3.63, 3.8) is 0 Å². The molecule has 1 aromatic rings. The van der Waals surface area contributed by atoms with Crippen molar-refractivity contribution in [3.8, 4) is 0 Å². The number of hydrogen-bond acceptors (Lipinski definition) is 3. The molecule has 0 aromatic heterocycles. The molecule has 0 saturated heterocycles. The van der Waals surface area contributed by atoms with Crippen LogP contribution in [-0.2, 0) is 4.79 Å². The molecule has 1 aliphatic carbocycles. The zero-order valence-electron chi connectivity index (χ0n) is 14.1. The van der Waals surface area contributed by atoms with E-state index in [-0.39, 0.29) is 24.4 Å². The van der Waals surface area contributed by atoms with E-state index < -0.39 is 11.4 Å². The molecular weight excluding hydrogens is 308 g/mol. The summed E-state index contributed by atoms with van der Waals surface area (Å²) in [4.78, 5) is 35.6. The van der Waals surface area contributed by atoms with Gasteiger partial charge in [0.1, 0.15) is 0 Å². The third kappa shape index (κ3) is 4.13. The van der Waals surface area contributed by atoms with Crippen molar-refractivity contribution in [3.05, 3.63) is 35.4 Å². The fraction of sp³-hybridized carbons (Fsp3) is 0.500. The minimum Gasteiger partial charge on any atom is -0.481 e. The summed E-state index contributed by atoms with van der Waals surface area (Å²) < 4.78 is 0. The third-order valence-corrected chi connectivity index (χ3v) is 4.72. The van der Waals surface area contributed by atoms with E-state index in [4.69, 9.17) is 0 Å². The van der Waals surface area contributed by atoms with E-state index in [1.165, 1.54) is 0 Å². The van der Waals surface area contributed by atoms with Gasteiger partial charge in [-0.15, -0.1) is 0 Å². The van der Waals surface area contributed by atoms with Crippen molar-refractivity contribution in [1.82, 2.24) is 10.6 Å². The molecule has 0 spiro atoms. The molecule has 6 heteroatoms. The quantitative estimate of drug-likeness (QED) is 0.680. The number of benzene rings is 1. The molecule has 1 aliphatic rings. The number of carbonyl (C=O) groups is 3. The number of rotatable bonds is 8. The Balaban J connectivity index is 1.96. The predicted octanol–water partition coefficient (Wildman–Crippen LogP) is 2.20. The van der Waals surface area contributed by atoms with E-state index in [1.54, 1.807) is 38.1 Å². The summed E-state index contributed by atoms with van der Waals surface area (Å²) >= 11 is 0. The zero-order chi connectivity index (χ0) is 17.7. The van der Waals surface area contributed by atoms with Gasteiger partial charge in [0.25, 0.3) is 11.8 Å². The lowest BCUT2D eigenvalue weighted by Gasteiger charge is -2.26. The summed E-state index contributed by atoms with van der Waals surface area (Å²) in [5, 5.41) is 15.0. The molecule has 0 atom stereocenters. The van der Waals surface area contributed by atoms with Crippen molar-refractivity contribution in [2.24, 2.45) is 5.41 Å². The molecule has 0 heterocycles. The summed E-state index contributed by atoms with van der Waals surface area (Å²) in [7, 11) is 0. The Hall–Kier alpha value is -2.37. The molecule has 130 valence electrons. The number of carbonyl (C=O) groups excluding carboxylic acids is 2. The van der Waals surface area contributed by atoms with E-state index in [2.05, 4.69) is 10.6 Å². The van der Waals surface area contributed by atoms with Gasteiger partial charge < -0.3 is 15.7 Å². The second kappa shape index (κ2) is 7.47. The second-order valence-electron chi connectivity index (χ2n) is 6.30. The summed E-state index contributed by atoms with van der Waals surface area (Å²) in [5.74, 6) is -1.37. The van der Waals surface area contributed by atoms with Gasteiger partial charge in [0, 0.05) is 23.7 Å². The smallest absolute Gasteiger partial charge is 0.311 e. The van der Waals surface area contributed by atoms with Crippen LogP contribution >= 0.6 is 0 Å². The number of carboxylic acid groups (broad SMARTS) is 1. The molecule has 0 aliphatic heterocycles. The van der Waals surface area contributed by atoms with Gasteiger partial charge in [-0.3, -0.25) is 14.4 Å². The van der Waals surface area contributed by atoms with E-state index in [1.807, 2.05) is 0 Å². The Morgan fingerprint density at radius 3 is 1.96 bits per heavy atom. The Morgan fingerprint density at radius 2 is 1.54 bits per heavy atom. The van der Waals surface area contributed by atoms with Crippen molar-refractivity contribution >= 4 is 17.8 Å². The Morgan fingerprint density at radius 1 is 1.04 bits per heavy atom. The topological polar surface area (TPSA) is 95.5 Å². The lowest BCUT2D eigenvalue weighted by Crippen LogP contribution is -2.42. The molecule has 1 fully saturated rings. The van der Waals surface area contributed by atoms with Crippen molar-refractivity contribution in [2.45, 2.75) is 45.6 Å². The van der Waals surface area contributed by atoms with E-state index in [0.717, 1.165) is 12.8 Å². The van der Waals surface area contributed by atoms with Gasteiger partial charge in [-0.1, -0.05) is 13.8 Å². The predicted molar refractivity (Wildman–Crippen MR) is 89.9 cm³/mol. The average Bonchev–Trinajstić information content (AvgIpc) is 3.39. The van der Waals surface area contributed by atoms with Gasteiger partial charge in [0.05, 0.1) is 5.41 Å². The van der Waals surface area contributed by atoms with Crippen LogP contribution < -0.4 is 10.6 Å². The van der Waals surface area contributed by atoms with Crippen LogP contribution in [0.25, 0.3) is 0 Å². The Labute approximate surface area is 141 Å². The highest BCUT2D eigenvalue weighted by Gasteiger charge is 2.35. The number of hydrogen-bond donors (Lipinski definition) is 3. The van der Waals surface area contributed by atoms with Gasteiger partial charge in [-0.2, -0.15) is 0 Å². The fourth-order valence-corrected chi connectivity index (χ4v) is 2.50. The standard InChI is InChI=1S/C18H24N2O4/c1-3-18(4-2,17(23)24)11-19-15(21)12-5-7-13(8-6-12)16(22)20-14-9-10-14/h5-8,14H,3-4,9-11H2,1-2H3,(H,19,21)(H,20,22)(H,23,24). The van der Waals surface area contributed by atoms with Crippen LogP contribution in [0.5, 0.6) is 0 Å². The highest BCUT2D eigenvalue weighted by Crippen LogP contribution is 2.25. The van der Waals surface area contributed by atoms with Crippen molar-refractivity contribution in [2.75, 3.05) is 6.54 Å². The Kier molecular flexibility index (Phi) is 5.59. The fourth-order valence-electron chi connectivity index (χ4n) is 2.50. The van der Waals surface area contributed by atoms with Gasteiger partial charge in [0.2, 0.25) is 0 Å². The van der Waals surface area contributed by atoms with Crippen molar-refractivity contribution in [1.29, 1.82) is 0 Å². The maximum atomic E-state index is 12.2. The van der Waals surface area contributed by atoms with Crippen LogP contribution in [-0.4, -0.2) is 35.5 Å². The number of amides is 2. The molecule has 3 N–H and O–H groups in total. The van der Waals surface area contributed by atoms with E-state index in [9.17, 15) is 19.5 Å². The van der Waals surface area contributed by atoms with Crippen molar-refractivity contribution < 1.29 is 19.5 Å². The summed E-state index contributed by atoms with van der Waals surface area (Å²) in [6, 6.07) is 6.66. The first kappa shape index (κ1) is 18.0. The molecule has 0 radical (unpaired) electrons. The minimum absolute atomic E-state index is 0.0814. The van der Waals surface area contributed by atoms with Crippen LogP contribution in [0.4, 0.5) is 0 Å². The maximum Gasteiger partial charge on any atom is 0.311 e. The first-order valence-electron chi connectivity index (χ1n) is 8.34. The molecule has 1 aromatic carbocycles. The molecule has 2 amide bonds. The second-order valence-corrected chi connectivity index (χ2v) is 6.30. The van der Waals surface area contributed by atoms with Crippen LogP contribution in [0.3, 0.4) is 0 Å². The van der Waals surface area contributed by atoms with Gasteiger partial charge >= 0.3 is 5.97 Å². The highest BCUT2D eigenvalue weighted by molar-refractivity contribution is 5.98. The lowest BCUT2D eigenvalue weighted by atomic mass is 9.82. The maximum absolute atomic E-state index is 12.2. The highest BCUT2D eigenvalue weighted by atomic mass is 16.4. The first-order chi connectivity index (χ1) is 11.4. The van der Waals surface area contributed by atoms with Gasteiger partial charge in [0.15, 0.2) is 0 Å². The molecule has 1 saturated carbocycles. The van der Waals surface area contributed by atoms with E-state index >= 15 is 0 Å². The number of nitrogens with one attached hydrogen (secondary N) is 2. The zero-order valence-corrected chi connectivity index (χ0v) is 14.1. The summed E-state index contributed by atoms with van der Waals surface area (Å²) in [6.45, 7) is 3.69. The summed E-state index contributed by atoms with van der Waals surface area (Å²) in [6.07, 6.45) is 2.93. The van der Waals surface area contributed by atoms with E-state index in [0.29, 0.717) is 24.0 Å². The number of aliphatic carboxylic acids is 1. The largest absolute Gasteiger partial charge is 0.481 e. The molecule has 0 bridgehead atoms. The first-order valence-corrected chi connectivity index (χ1v) is 8.34. The SMILES string of the molecule is CCC(CC)(CNC(=O)c1ccc(C(=O)NC2CC2)cc1)C(=O)O. The monoisotopic (exact) mass is 332 g/mol. The molecule has 0 unspecified atom stereocenters. The Bertz CT molecular complexity index is 616. The van der Waals surface area contributed by atoms with Crippen LogP contribution in [0.15, 0.2) is 24.3 Å². The summed E-state index contributed by atoms with van der Waals surface area (Å²) in [5.41, 5.74) is -0.0235. The third-order valence-electron chi connectivity index (χ3n) is 4.72.